The average molecular weight is 234 g/mol. The number of carbonyl (C=O) groups excluding carboxylic acids is 1. The Balaban J connectivity index is 0.000000500. The van der Waals surface area contributed by atoms with Gasteiger partial charge in [0.25, 0.3) is 5.91 Å². The van der Waals surface area contributed by atoms with Crippen LogP contribution in [-0.2, 0) is 4.79 Å². The van der Waals surface area contributed by atoms with Crippen molar-refractivity contribution in [2.75, 3.05) is 12.9 Å². The molecule has 0 radical (unpaired) electrons. The van der Waals surface area contributed by atoms with E-state index in [1.165, 1.54) is 11.0 Å². The second kappa shape index (κ2) is 8.72. The summed E-state index contributed by atoms with van der Waals surface area (Å²) < 4.78 is 4.99. The number of benzene rings is 1. The Morgan fingerprint density at radius 1 is 1.50 bits per heavy atom. The standard InChI is InChI=1S/C8H9NO2.CH3ClS/c9-8(10)6-11-7-4-2-1-3-5-7;1-3-2/h1-5H,6H2,(H2,9,10);1H3. The summed E-state index contributed by atoms with van der Waals surface area (Å²) in [5.74, 6) is 0.195. The lowest BCUT2D eigenvalue weighted by molar-refractivity contribution is -0.119. The molecule has 1 rings (SSSR count). The lowest BCUT2D eigenvalue weighted by atomic mass is 10.3. The predicted molar refractivity (Wildman–Crippen MR) is 60.5 cm³/mol. The number of hydrogen-bond donors (Lipinski definition) is 1. The van der Waals surface area contributed by atoms with Crippen molar-refractivity contribution in [3.8, 4) is 5.75 Å². The van der Waals surface area contributed by atoms with E-state index in [4.69, 9.17) is 21.2 Å². The van der Waals surface area contributed by atoms with Gasteiger partial charge in [-0.25, -0.2) is 0 Å². The minimum atomic E-state index is -0.464. The molecule has 0 atom stereocenters. The molecule has 3 nitrogen and oxygen atoms in total. The monoisotopic (exact) mass is 233 g/mol. The van der Waals surface area contributed by atoms with Crippen LogP contribution in [0.4, 0.5) is 0 Å². The molecule has 0 aliphatic carbocycles. The summed E-state index contributed by atoms with van der Waals surface area (Å²) in [6.07, 6.45) is 1.81. The highest BCUT2D eigenvalue weighted by atomic mass is 35.7. The lowest BCUT2D eigenvalue weighted by Gasteiger charge is -2.00. The number of primary amides is 1. The van der Waals surface area contributed by atoms with Crippen LogP contribution in [0.3, 0.4) is 0 Å². The normalized spacial score (nSPS) is 8.43. The van der Waals surface area contributed by atoms with E-state index in [1.54, 1.807) is 12.1 Å². The van der Waals surface area contributed by atoms with Gasteiger partial charge in [0.05, 0.1) is 0 Å². The number of carbonyl (C=O) groups is 1. The Morgan fingerprint density at radius 3 is 2.43 bits per heavy atom. The number of amides is 1. The van der Waals surface area contributed by atoms with Gasteiger partial charge in [-0.2, -0.15) is 0 Å². The second-order valence-corrected chi connectivity index (χ2v) is 3.46. The van der Waals surface area contributed by atoms with E-state index >= 15 is 0 Å². The summed E-state index contributed by atoms with van der Waals surface area (Å²) in [4.78, 5) is 10.3. The van der Waals surface area contributed by atoms with Crippen LogP contribution in [0.2, 0.25) is 0 Å². The molecule has 0 fully saturated rings. The molecule has 78 valence electrons. The Kier molecular flexibility index (Phi) is 8.17. The first-order chi connectivity index (χ1) is 6.70. The molecule has 14 heavy (non-hydrogen) atoms. The Bertz CT molecular complexity index is 256. The molecule has 0 unspecified atom stereocenters. The van der Waals surface area contributed by atoms with E-state index in [-0.39, 0.29) is 6.61 Å². The van der Waals surface area contributed by atoms with E-state index in [0.29, 0.717) is 5.75 Å². The van der Waals surface area contributed by atoms with E-state index in [1.807, 2.05) is 24.5 Å². The van der Waals surface area contributed by atoms with Crippen molar-refractivity contribution in [1.82, 2.24) is 0 Å². The first kappa shape index (κ1) is 13.1. The third kappa shape index (κ3) is 7.76. The highest BCUT2D eigenvalue weighted by Crippen LogP contribution is 2.07. The highest BCUT2D eigenvalue weighted by molar-refractivity contribution is 8.20. The molecule has 1 amide bonds. The maximum Gasteiger partial charge on any atom is 0.255 e. The van der Waals surface area contributed by atoms with Crippen LogP contribution < -0.4 is 10.5 Å². The number of ether oxygens (including phenoxy) is 1. The van der Waals surface area contributed by atoms with Gasteiger partial charge in [0, 0.05) is 0 Å². The van der Waals surface area contributed by atoms with Gasteiger partial charge in [-0.3, -0.25) is 4.79 Å². The van der Waals surface area contributed by atoms with Crippen molar-refractivity contribution in [2.45, 2.75) is 0 Å². The first-order valence-corrected chi connectivity index (χ1v) is 5.86. The minimum absolute atomic E-state index is 0.0655. The van der Waals surface area contributed by atoms with Crippen LogP contribution in [0.1, 0.15) is 0 Å². The van der Waals surface area contributed by atoms with Crippen LogP contribution in [0.25, 0.3) is 0 Å². The second-order valence-electron chi connectivity index (χ2n) is 2.22. The fraction of sp³-hybridized carbons (Fsp3) is 0.222. The molecular formula is C9H12ClNO2S. The summed E-state index contributed by atoms with van der Waals surface area (Å²) in [6, 6.07) is 9.07. The zero-order valence-corrected chi connectivity index (χ0v) is 9.35. The molecular weight excluding hydrogens is 222 g/mol. The van der Waals surface area contributed by atoms with Crippen molar-refractivity contribution >= 4 is 27.6 Å². The number of rotatable bonds is 3. The minimum Gasteiger partial charge on any atom is -0.484 e. The number of nitrogens with two attached hydrogens (primary N) is 1. The van der Waals surface area contributed by atoms with Gasteiger partial charge in [0.2, 0.25) is 0 Å². The van der Waals surface area contributed by atoms with Crippen LogP contribution in [-0.4, -0.2) is 18.8 Å². The number of halogens is 1. The lowest BCUT2D eigenvalue weighted by Crippen LogP contribution is -2.19. The maximum atomic E-state index is 10.3. The fourth-order valence-electron chi connectivity index (χ4n) is 0.671. The van der Waals surface area contributed by atoms with Gasteiger partial charge >= 0.3 is 0 Å². The number of para-hydroxylation sites is 1. The zero-order valence-electron chi connectivity index (χ0n) is 7.77. The van der Waals surface area contributed by atoms with E-state index < -0.39 is 5.91 Å². The molecule has 1 aromatic carbocycles. The molecule has 2 N–H and O–H groups in total. The van der Waals surface area contributed by atoms with Gasteiger partial charge in [0.1, 0.15) is 5.75 Å². The largest absolute Gasteiger partial charge is 0.484 e. The molecule has 0 aliphatic rings. The SMILES string of the molecule is CSCl.NC(=O)COc1ccccc1. The van der Waals surface area contributed by atoms with Crippen LogP contribution >= 0.6 is 21.7 Å². The van der Waals surface area contributed by atoms with Crippen molar-refractivity contribution in [3.63, 3.8) is 0 Å². The molecule has 0 aliphatic heterocycles. The third-order valence-corrected chi connectivity index (χ3v) is 1.12. The molecule has 5 heteroatoms. The van der Waals surface area contributed by atoms with Gasteiger partial charge in [-0.05, 0) is 29.1 Å². The molecule has 0 spiro atoms. The topological polar surface area (TPSA) is 52.3 Å². The van der Waals surface area contributed by atoms with Crippen LogP contribution in [0, 0.1) is 0 Å². The molecule has 0 bridgehead atoms. The summed E-state index contributed by atoms with van der Waals surface area (Å²) in [7, 11) is 6.14. The number of hydrogen-bond acceptors (Lipinski definition) is 3. The summed E-state index contributed by atoms with van der Waals surface area (Å²) >= 11 is 0. The van der Waals surface area contributed by atoms with E-state index in [2.05, 4.69) is 0 Å². The Morgan fingerprint density at radius 2 is 2.00 bits per heavy atom. The summed E-state index contributed by atoms with van der Waals surface area (Å²) in [5, 5.41) is 0. The average Bonchev–Trinajstić information content (AvgIpc) is 2.18. The van der Waals surface area contributed by atoms with Crippen molar-refractivity contribution < 1.29 is 9.53 Å². The summed E-state index contributed by atoms with van der Waals surface area (Å²) in [5.41, 5.74) is 4.88. The van der Waals surface area contributed by atoms with Crippen molar-refractivity contribution in [2.24, 2.45) is 5.73 Å². The van der Waals surface area contributed by atoms with Crippen molar-refractivity contribution in [1.29, 1.82) is 0 Å². The van der Waals surface area contributed by atoms with E-state index in [9.17, 15) is 4.79 Å². The smallest absolute Gasteiger partial charge is 0.255 e. The van der Waals surface area contributed by atoms with Crippen LogP contribution in [0.15, 0.2) is 30.3 Å². The quantitative estimate of drug-likeness (QED) is 0.870. The Hall–Kier alpha value is -0.870. The molecule has 0 saturated carbocycles. The molecule has 1 aromatic rings. The third-order valence-electron chi connectivity index (χ3n) is 1.12. The summed E-state index contributed by atoms with van der Waals surface area (Å²) in [6.45, 7) is -0.0655. The van der Waals surface area contributed by atoms with E-state index in [0.717, 1.165) is 0 Å². The fourth-order valence-corrected chi connectivity index (χ4v) is 0.671. The first-order valence-electron chi connectivity index (χ1n) is 3.81. The maximum absolute atomic E-state index is 10.3. The molecule has 0 heterocycles. The van der Waals surface area contributed by atoms with Gasteiger partial charge < -0.3 is 10.5 Å². The van der Waals surface area contributed by atoms with Gasteiger partial charge in [-0.15, -0.1) is 0 Å². The molecule has 0 saturated heterocycles. The molecule has 0 aromatic heterocycles. The Labute approximate surface area is 92.1 Å². The van der Waals surface area contributed by atoms with Gasteiger partial charge in [-0.1, -0.05) is 29.2 Å². The van der Waals surface area contributed by atoms with Crippen LogP contribution in [0.5, 0.6) is 5.75 Å². The predicted octanol–water partition coefficient (Wildman–Crippen LogP) is 2.05. The highest BCUT2D eigenvalue weighted by Gasteiger charge is 1.94. The van der Waals surface area contributed by atoms with Crippen molar-refractivity contribution in [3.05, 3.63) is 30.3 Å². The van der Waals surface area contributed by atoms with Gasteiger partial charge in [0.15, 0.2) is 6.61 Å². The zero-order chi connectivity index (χ0) is 10.8.